The van der Waals surface area contributed by atoms with Gasteiger partial charge in [0.2, 0.25) is 0 Å². The van der Waals surface area contributed by atoms with Crippen LogP contribution in [-0.2, 0) is 0 Å². The Morgan fingerprint density at radius 3 is 2.27 bits per heavy atom. The van der Waals surface area contributed by atoms with E-state index in [1.54, 1.807) is 0 Å². The predicted octanol–water partition coefficient (Wildman–Crippen LogP) is 3.96. The molecule has 1 aromatic heterocycles. The largest absolute Gasteiger partial charge is 0.483 e. The van der Waals surface area contributed by atoms with Crippen molar-refractivity contribution >= 4 is 5.91 Å². The fourth-order valence-electron chi connectivity index (χ4n) is 2.96. The van der Waals surface area contributed by atoms with Gasteiger partial charge in [-0.05, 0) is 50.3 Å². The van der Waals surface area contributed by atoms with Crippen LogP contribution in [0, 0.1) is 27.7 Å². The molecule has 0 N–H and O–H groups in total. The van der Waals surface area contributed by atoms with Gasteiger partial charge >= 0.3 is 0 Å². The number of para-hydroxylation sites is 1. The van der Waals surface area contributed by atoms with Gasteiger partial charge in [0, 0.05) is 5.69 Å². The highest BCUT2D eigenvalue weighted by molar-refractivity contribution is 5.80. The molecule has 4 nitrogen and oxygen atoms in total. The van der Waals surface area contributed by atoms with Crippen LogP contribution in [0.3, 0.4) is 0 Å². The first-order valence-electron chi connectivity index (χ1n) is 7.61. The highest BCUT2D eigenvalue weighted by Crippen LogP contribution is 2.24. The maximum Gasteiger partial charge on any atom is 0.284 e. The molecular weight excluding hydrogens is 276 g/mol. The molecule has 0 unspecified atom stereocenters. The smallest absolute Gasteiger partial charge is 0.284 e. The van der Waals surface area contributed by atoms with Gasteiger partial charge in [-0.3, -0.25) is 4.79 Å². The maximum atomic E-state index is 12.4. The topological polar surface area (TPSA) is 44.1 Å². The van der Waals surface area contributed by atoms with Crippen LogP contribution in [0.15, 0.2) is 18.2 Å². The number of ether oxygens (including phenoxy) is 1. The molecule has 4 heteroatoms. The average molecular weight is 300 g/mol. The molecule has 2 rings (SSSR count). The summed E-state index contributed by atoms with van der Waals surface area (Å²) in [4.78, 5) is 12.4. The molecule has 1 heterocycles. The molecule has 0 aliphatic rings. The molecule has 0 saturated carbocycles. The van der Waals surface area contributed by atoms with Crippen molar-refractivity contribution in [2.45, 2.75) is 47.5 Å². The van der Waals surface area contributed by atoms with E-state index in [2.05, 4.69) is 18.9 Å². The van der Waals surface area contributed by atoms with E-state index in [0.29, 0.717) is 5.92 Å². The first kappa shape index (κ1) is 16.3. The minimum atomic E-state index is -0.143. The van der Waals surface area contributed by atoms with Crippen LogP contribution in [0.25, 0.3) is 0 Å². The molecule has 0 fully saturated rings. The van der Waals surface area contributed by atoms with Crippen LogP contribution in [0.1, 0.15) is 52.6 Å². The van der Waals surface area contributed by atoms with E-state index >= 15 is 0 Å². The van der Waals surface area contributed by atoms with E-state index < -0.39 is 0 Å². The number of hydrogen-bond donors (Lipinski definition) is 0. The second-order valence-electron chi connectivity index (χ2n) is 6.05. The molecule has 22 heavy (non-hydrogen) atoms. The minimum Gasteiger partial charge on any atom is -0.483 e. The third kappa shape index (κ3) is 3.06. The lowest BCUT2D eigenvalue weighted by Crippen LogP contribution is -2.22. The number of nitrogens with zero attached hydrogens (tertiary/aromatic N) is 2. The van der Waals surface area contributed by atoms with Gasteiger partial charge in [0.05, 0.1) is 5.69 Å². The van der Waals surface area contributed by atoms with Crippen LogP contribution in [-0.4, -0.2) is 22.3 Å². The molecule has 0 atom stereocenters. The predicted molar refractivity (Wildman–Crippen MR) is 87.8 cm³/mol. The van der Waals surface area contributed by atoms with Crippen molar-refractivity contribution in [2.24, 2.45) is 0 Å². The van der Waals surface area contributed by atoms with Crippen LogP contribution < -0.4 is 4.74 Å². The van der Waals surface area contributed by atoms with Crippen LogP contribution in [0.2, 0.25) is 0 Å². The third-order valence-electron chi connectivity index (χ3n) is 3.91. The van der Waals surface area contributed by atoms with Crippen LogP contribution in [0.5, 0.6) is 5.75 Å². The van der Waals surface area contributed by atoms with Gasteiger partial charge in [-0.15, -0.1) is 0 Å². The quantitative estimate of drug-likeness (QED) is 0.858. The van der Waals surface area contributed by atoms with Crippen molar-refractivity contribution in [1.82, 2.24) is 9.78 Å². The number of rotatable bonds is 4. The van der Waals surface area contributed by atoms with Gasteiger partial charge in [0.15, 0.2) is 6.61 Å². The highest BCUT2D eigenvalue weighted by Gasteiger charge is 2.19. The van der Waals surface area contributed by atoms with Gasteiger partial charge in [-0.25, -0.2) is 4.68 Å². The zero-order chi connectivity index (χ0) is 16.4. The summed E-state index contributed by atoms with van der Waals surface area (Å²) in [5, 5.41) is 4.38. The molecular formula is C18H24N2O2. The van der Waals surface area contributed by atoms with Crippen molar-refractivity contribution < 1.29 is 9.53 Å². The maximum absolute atomic E-state index is 12.4. The summed E-state index contributed by atoms with van der Waals surface area (Å²) in [7, 11) is 0. The number of aromatic nitrogens is 2. The average Bonchev–Trinajstić information content (AvgIpc) is 2.73. The molecule has 2 aromatic rings. The Kier molecular flexibility index (Phi) is 4.69. The number of hydrogen-bond acceptors (Lipinski definition) is 3. The SMILES string of the molecule is Cc1cccc(C)c1OCC(=O)n1nc(C)c(C(C)C)c1C. The summed E-state index contributed by atoms with van der Waals surface area (Å²) in [5.41, 5.74) is 5.02. The zero-order valence-electron chi connectivity index (χ0n) is 14.2. The van der Waals surface area contributed by atoms with Gasteiger partial charge in [-0.2, -0.15) is 5.10 Å². The molecule has 118 valence electrons. The Morgan fingerprint density at radius 2 is 1.77 bits per heavy atom. The molecule has 1 aromatic carbocycles. The van der Waals surface area contributed by atoms with Gasteiger partial charge < -0.3 is 4.74 Å². The zero-order valence-corrected chi connectivity index (χ0v) is 14.2. The van der Waals surface area contributed by atoms with E-state index in [4.69, 9.17) is 4.74 Å². The second kappa shape index (κ2) is 6.34. The Bertz CT molecular complexity index is 679. The highest BCUT2D eigenvalue weighted by atomic mass is 16.5. The fraction of sp³-hybridized carbons (Fsp3) is 0.444. The number of aryl methyl sites for hydroxylation is 3. The number of benzene rings is 1. The van der Waals surface area contributed by atoms with Crippen molar-refractivity contribution in [2.75, 3.05) is 6.61 Å². The molecule has 0 radical (unpaired) electrons. The molecule has 0 saturated heterocycles. The first-order valence-corrected chi connectivity index (χ1v) is 7.61. The summed E-state index contributed by atoms with van der Waals surface area (Å²) in [6.45, 7) is 12.0. The Labute approximate surface area is 132 Å². The minimum absolute atomic E-state index is 0.00874. The van der Waals surface area contributed by atoms with Crippen molar-refractivity contribution in [3.8, 4) is 5.75 Å². The number of carbonyl (C=O) groups is 1. The molecule has 0 aliphatic carbocycles. The normalized spacial score (nSPS) is 11.0. The van der Waals surface area contributed by atoms with E-state index in [1.807, 2.05) is 45.9 Å². The molecule has 0 bridgehead atoms. The Balaban J connectivity index is 2.19. The van der Waals surface area contributed by atoms with E-state index in [-0.39, 0.29) is 12.5 Å². The van der Waals surface area contributed by atoms with Crippen LogP contribution >= 0.6 is 0 Å². The fourth-order valence-corrected chi connectivity index (χ4v) is 2.96. The first-order chi connectivity index (χ1) is 10.3. The van der Waals surface area contributed by atoms with Crippen molar-refractivity contribution in [3.63, 3.8) is 0 Å². The lowest BCUT2D eigenvalue weighted by molar-refractivity contribution is 0.0817. The molecule has 0 spiro atoms. The second-order valence-corrected chi connectivity index (χ2v) is 6.05. The van der Waals surface area contributed by atoms with Gasteiger partial charge in [0.25, 0.3) is 5.91 Å². The van der Waals surface area contributed by atoms with Crippen LogP contribution in [0.4, 0.5) is 0 Å². The third-order valence-corrected chi connectivity index (χ3v) is 3.91. The lowest BCUT2D eigenvalue weighted by atomic mass is 10.0. The molecule has 0 amide bonds. The monoisotopic (exact) mass is 300 g/mol. The Hall–Kier alpha value is -2.10. The van der Waals surface area contributed by atoms with Crippen molar-refractivity contribution in [1.29, 1.82) is 0 Å². The number of carbonyl (C=O) groups excluding carboxylic acids is 1. The lowest BCUT2D eigenvalue weighted by Gasteiger charge is -2.12. The van der Waals surface area contributed by atoms with E-state index in [1.165, 1.54) is 4.68 Å². The summed E-state index contributed by atoms with van der Waals surface area (Å²) in [6.07, 6.45) is 0. The Morgan fingerprint density at radius 1 is 1.18 bits per heavy atom. The van der Waals surface area contributed by atoms with E-state index in [9.17, 15) is 4.79 Å². The standard InChI is InChI=1S/C18H24N2O2/c1-11(2)17-14(5)19-20(15(17)6)16(21)10-22-18-12(3)8-7-9-13(18)4/h7-9,11H,10H2,1-6H3. The summed E-state index contributed by atoms with van der Waals surface area (Å²) >= 11 is 0. The summed E-state index contributed by atoms with van der Waals surface area (Å²) in [5.74, 6) is 0.984. The van der Waals surface area contributed by atoms with Gasteiger partial charge in [0.1, 0.15) is 5.75 Å². The van der Waals surface area contributed by atoms with Gasteiger partial charge in [-0.1, -0.05) is 32.0 Å². The summed E-state index contributed by atoms with van der Waals surface area (Å²) in [6, 6.07) is 5.94. The molecule has 0 aliphatic heterocycles. The van der Waals surface area contributed by atoms with Crippen molar-refractivity contribution in [3.05, 3.63) is 46.3 Å². The van der Waals surface area contributed by atoms with E-state index in [0.717, 1.165) is 33.8 Å². The summed E-state index contributed by atoms with van der Waals surface area (Å²) < 4.78 is 7.21.